The quantitative estimate of drug-likeness (QED) is 0.451. The number of rotatable bonds is 0. The summed E-state index contributed by atoms with van der Waals surface area (Å²) in [5.41, 5.74) is 6.18. The minimum atomic E-state index is 0. The summed E-state index contributed by atoms with van der Waals surface area (Å²) >= 11 is 0. The summed E-state index contributed by atoms with van der Waals surface area (Å²) < 4.78 is 0. The molecule has 2 N–H and O–H groups in total. The van der Waals surface area contributed by atoms with Crippen molar-refractivity contribution in [2.45, 2.75) is 0 Å². The van der Waals surface area contributed by atoms with E-state index in [4.69, 9.17) is 5.73 Å². The minimum Gasteiger partial charge on any atom is -0.399 e. The standard InChI is InChI=1S/C6H7N.As/c7-6-4-2-1-3-5-6;/h1-5H,7H2;. The van der Waals surface area contributed by atoms with E-state index < -0.39 is 0 Å². The Morgan fingerprint density at radius 3 is 1.75 bits per heavy atom. The van der Waals surface area contributed by atoms with Crippen LogP contribution in [0.25, 0.3) is 0 Å². The van der Waals surface area contributed by atoms with E-state index in [0.717, 1.165) is 5.69 Å². The summed E-state index contributed by atoms with van der Waals surface area (Å²) in [6.45, 7) is 0. The van der Waals surface area contributed by atoms with Gasteiger partial charge >= 0.3 is 0 Å². The van der Waals surface area contributed by atoms with Crippen molar-refractivity contribution in [2.75, 3.05) is 5.73 Å². The van der Waals surface area contributed by atoms with Crippen molar-refractivity contribution in [3.05, 3.63) is 30.3 Å². The summed E-state index contributed by atoms with van der Waals surface area (Å²) in [5.74, 6) is 0. The van der Waals surface area contributed by atoms with Gasteiger partial charge in [0.25, 0.3) is 0 Å². The van der Waals surface area contributed by atoms with Gasteiger partial charge < -0.3 is 5.73 Å². The predicted octanol–water partition coefficient (Wildman–Crippen LogP) is 0.888. The van der Waals surface area contributed by atoms with Gasteiger partial charge in [-0.15, -0.1) is 0 Å². The third kappa shape index (κ3) is 2.04. The molecule has 1 aromatic carbocycles. The molecule has 41 valence electrons. The number of para-hydroxylation sites is 1. The molecule has 0 heterocycles. The van der Waals surface area contributed by atoms with Crippen LogP contribution in [0.1, 0.15) is 0 Å². The molecule has 0 unspecified atom stereocenters. The summed E-state index contributed by atoms with van der Waals surface area (Å²) in [4.78, 5) is 0. The first-order valence-electron chi connectivity index (χ1n) is 2.20. The molecule has 3 radical (unpaired) electrons. The first-order chi connectivity index (χ1) is 3.39. The van der Waals surface area contributed by atoms with Crippen LogP contribution in [0.3, 0.4) is 0 Å². The van der Waals surface area contributed by atoms with Gasteiger partial charge in [-0.05, 0) is 12.1 Å². The number of nitrogens with two attached hydrogens (primary N) is 1. The van der Waals surface area contributed by atoms with Crippen LogP contribution in [-0.2, 0) is 0 Å². The van der Waals surface area contributed by atoms with Gasteiger partial charge in [0.2, 0.25) is 0 Å². The average molecular weight is 168 g/mol. The van der Waals surface area contributed by atoms with Crippen LogP contribution >= 0.6 is 0 Å². The molecule has 2 heteroatoms. The Labute approximate surface area is 60.2 Å². The number of benzene rings is 1. The van der Waals surface area contributed by atoms with Gasteiger partial charge in [-0.25, -0.2) is 0 Å². The fourth-order valence-corrected chi connectivity index (χ4v) is 0.453. The number of hydrogen-bond acceptors (Lipinski definition) is 1. The smallest absolute Gasteiger partial charge is 0.0313 e. The van der Waals surface area contributed by atoms with Crippen LogP contribution in [0.5, 0.6) is 0 Å². The zero-order chi connectivity index (χ0) is 5.11. The average Bonchev–Trinajstić information content (AvgIpc) is 1.69. The molecular weight excluding hydrogens is 161 g/mol. The van der Waals surface area contributed by atoms with Gasteiger partial charge in [0.1, 0.15) is 0 Å². The molecule has 0 saturated carbocycles. The fourth-order valence-electron chi connectivity index (χ4n) is 0.453. The predicted molar refractivity (Wildman–Crippen MR) is 36.6 cm³/mol. The number of hydrogen-bond donors (Lipinski definition) is 1. The maximum atomic E-state index is 5.36. The van der Waals surface area contributed by atoms with E-state index in [2.05, 4.69) is 0 Å². The monoisotopic (exact) mass is 168 g/mol. The third-order valence-corrected chi connectivity index (χ3v) is 0.800. The molecule has 0 spiro atoms. The van der Waals surface area contributed by atoms with Crippen LogP contribution < -0.4 is 5.73 Å². The van der Waals surface area contributed by atoms with Crippen LogP contribution in [0.15, 0.2) is 30.3 Å². The molecule has 1 rings (SSSR count). The van der Waals surface area contributed by atoms with Gasteiger partial charge in [0.05, 0.1) is 0 Å². The van der Waals surface area contributed by atoms with Crippen molar-refractivity contribution >= 4 is 23.6 Å². The molecule has 0 atom stereocenters. The van der Waals surface area contributed by atoms with Gasteiger partial charge in [-0.3, -0.25) is 0 Å². The molecule has 0 saturated heterocycles. The molecule has 0 aromatic heterocycles. The molecule has 0 bridgehead atoms. The Balaban J connectivity index is 0.000000490. The zero-order valence-corrected chi connectivity index (χ0v) is 6.29. The van der Waals surface area contributed by atoms with Crippen LogP contribution in [-0.4, -0.2) is 18.0 Å². The maximum Gasteiger partial charge on any atom is 0.0313 e. The summed E-state index contributed by atoms with van der Waals surface area (Å²) in [7, 11) is 0. The van der Waals surface area contributed by atoms with Crippen molar-refractivity contribution in [2.24, 2.45) is 0 Å². The second-order valence-electron chi connectivity index (χ2n) is 1.41. The molecular formula is C6H7AsN. The van der Waals surface area contributed by atoms with Crippen LogP contribution in [0, 0.1) is 0 Å². The second kappa shape index (κ2) is 3.56. The molecule has 0 aliphatic carbocycles. The van der Waals surface area contributed by atoms with Gasteiger partial charge in [0, 0.05) is 23.6 Å². The van der Waals surface area contributed by atoms with E-state index in [0.29, 0.717) is 0 Å². The van der Waals surface area contributed by atoms with E-state index in [1.165, 1.54) is 0 Å². The summed E-state index contributed by atoms with van der Waals surface area (Å²) in [5, 5.41) is 0. The normalized spacial score (nSPS) is 7.50. The Bertz CT molecular complexity index is 138. The van der Waals surface area contributed by atoms with Gasteiger partial charge in [0.15, 0.2) is 0 Å². The van der Waals surface area contributed by atoms with Crippen LogP contribution in [0.2, 0.25) is 0 Å². The van der Waals surface area contributed by atoms with E-state index in [1.807, 2.05) is 30.3 Å². The topological polar surface area (TPSA) is 26.0 Å². The van der Waals surface area contributed by atoms with E-state index in [1.54, 1.807) is 0 Å². The van der Waals surface area contributed by atoms with Crippen molar-refractivity contribution in [3.63, 3.8) is 0 Å². The molecule has 0 fully saturated rings. The van der Waals surface area contributed by atoms with Gasteiger partial charge in [-0.1, -0.05) is 18.2 Å². The SMILES string of the molecule is Nc1ccccc1.[As]. The van der Waals surface area contributed by atoms with Crippen LogP contribution in [0.4, 0.5) is 5.69 Å². The second-order valence-corrected chi connectivity index (χ2v) is 1.41. The number of anilines is 1. The molecule has 8 heavy (non-hydrogen) atoms. The molecule has 0 aliphatic heterocycles. The van der Waals surface area contributed by atoms with Crippen molar-refractivity contribution in [1.82, 2.24) is 0 Å². The largest absolute Gasteiger partial charge is 0.399 e. The Hall–Kier alpha value is -0.422. The molecule has 0 amide bonds. The van der Waals surface area contributed by atoms with E-state index in [9.17, 15) is 0 Å². The van der Waals surface area contributed by atoms with Gasteiger partial charge in [-0.2, -0.15) is 0 Å². The molecule has 1 aromatic rings. The Kier molecular flexibility index (Phi) is 3.38. The molecule has 0 aliphatic rings. The van der Waals surface area contributed by atoms with E-state index >= 15 is 0 Å². The first kappa shape index (κ1) is 7.58. The van der Waals surface area contributed by atoms with Crippen molar-refractivity contribution in [1.29, 1.82) is 0 Å². The minimum absolute atomic E-state index is 0. The first-order valence-corrected chi connectivity index (χ1v) is 2.20. The number of nitrogen functional groups attached to an aromatic ring is 1. The maximum absolute atomic E-state index is 5.36. The third-order valence-electron chi connectivity index (χ3n) is 0.800. The molecule has 1 nitrogen and oxygen atoms in total. The Morgan fingerprint density at radius 2 is 1.50 bits per heavy atom. The zero-order valence-electron chi connectivity index (χ0n) is 4.41. The summed E-state index contributed by atoms with van der Waals surface area (Å²) in [6.07, 6.45) is 0. The van der Waals surface area contributed by atoms with Crippen molar-refractivity contribution < 1.29 is 0 Å². The van der Waals surface area contributed by atoms with E-state index in [-0.39, 0.29) is 18.0 Å². The van der Waals surface area contributed by atoms with Crippen molar-refractivity contribution in [3.8, 4) is 0 Å². The fraction of sp³-hybridized carbons (Fsp3) is 0. The summed E-state index contributed by atoms with van der Waals surface area (Å²) in [6, 6.07) is 9.49. The Morgan fingerprint density at radius 1 is 1.00 bits per heavy atom.